The Labute approximate surface area is 122 Å². The summed E-state index contributed by atoms with van der Waals surface area (Å²) in [5.41, 5.74) is 0.815. The Morgan fingerprint density at radius 1 is 1.37 bits per heavy atom. The first-order chi connectivity index (χ1) is 8.29. The first kappa shape index (κ1) is 17.9. The Hall–Kier alpha value is -1.09. The van der Waals surface area contributed by atoms with Crippen LogP contribution in [0.1, 0.15) is 40.2 Å². The van der Waals surface area contributed by atoms with E-state index in [9.17, 15) is 4.79 Å². The van der Waals surface area contributed by atoms with Crippen molar-refractivity contribution in [3.8, 4) is 0 Å². The lowest BCUT2D eigenvalue weighted by Gasteiger charge is -2.14. The van der Waals surface area contributed by atoms with Crippen molar-refractivity contribution in [2.75, 3.05) is 0 Å². The number of carbonyl (C=O) groups excluding carboxylic acids is 1. The zero-order valence-electron chi connectivity index (χ0n) is 12.4. The lowest BCUT2D eigenvalue weighted by Crippen LogP contribution is -3.00. The van der Waals surface area contributed by atoms with Gasteiger partial charge in [-0.1, -0.05) is 13.8 Å². The molecule has 1 aromatic heterocycles. The average Bonchev–Trinajstić information content (AvgIpc) is 2.24. The number of hydrogen-bond donors (Lipinski definition) is 0. The third-order valence-electron chi connectivity index (χ3n) is 2.52. The van der Waals surface area contributed by atoms with Crippen molar-refractivity contribution >= 4 is 5.97 Å². The highest BCUT2D eigenvalue weighted by atomic mass is 35.5. The van der Waals surface area contributed by atoms with Crippen LogP contribution in [0.2, 0.25) is 0 Å². The van der Waals surface area contributed by atoms with E-state index in [0.29, 0.717) is 5.92 Å². The minimum atomic E-state index is -0.448. The fraction of sp³-hybridized carbons (Fsp3) is 0.600. The molecule has 0 amide bonds. The van der Waals surface area contributed by atoms with Crippen LogP contribution < -0.4 is 17.0 Å². The summed E-state index contributed by atoms with van der Waals surface area (Å²) in [5, 5.41) is 0. The number of nitrogens with zero attached hydrogens (tertiary/aromatic N) is 1. The van der Waals surface area contributed by atoms with E-state index >= 15 is 0 Å². The topological polar surface area (TPSA) is 30.2 Å². The third kappa shape index (κ3) is 6.58. The van der Waals surface area contributed by atoms with Crippen LogP contribution in [0.3, 0.4) is 0 Å². The summed E-state index contributed by atoms with van der Waals surface area (Å²) in [6.07, 6.45) is 4.99. The second-order valence-corrected chi connectivity index (χ2v) is 6.14. The fourth-order valence-corrected chi connectivity index (χ4v) is 1.60. The standard InChI is InChI=1S/C15H24NO2.ClH/c1-12(2)9-13-7-6-8-16(10-13)11-18-14(17)15(3,4)5;/h6-8,10,12H,9,11H2,1-5H3;1H/q+1;/p-1. The molecule has 0 fully saturated rings. The SMILES string of the molecule is CC(C)Cc1ccc[n+](COC(=O)C(C)(C)C)c1.[Cl-]. The molecule has 0 aromatic carbocycles. The number of carbonyl (C=O) groups is 1. The van der Waals surface area contributed by atoms with Gasteiger partial charge < -0.3 is 17.1 Å². The van der Waals surface area contributed by atoms with E-state index in [1.807, 2.05) is 43.8 Å². The van der Waals surface area contributed by atoms with Gasteiger partial charge >= 0.3 is 5.97 Å². The van der Waals surface area contributed by atoms with Gasteiger partial charge in [0.25, 0.3) is 6.73 Å². The molecular weight excluding hydrogens is 262 g/mol. The lowest BCUT2D eigenvalue weighted by molar-refractivity contribution is -0.728. The summed E-state index contributed by atoms with van der Waals surface area (Å²) in [5.74, 6) is 0.447. The van der Waals surface area contributed by atoms with Crippen LogP contribution in [0.25, 0.3) is 0 Å². The van der Waals surface area contributed by atoms with Gasteiger partial charge in [0.05, 0.1) is 5.41 Å². The number of aromatic nitrogens is 1. The zero-order valence-corrected chi connectivity index (χ0v) is 13.2. The fourth-order valence-electron chi connectivity index (χ4n) is 1.60. The molecule has 0 radical (unpaired) electrons. The van der Waals surface area contributed by atoms with Crippen molar-refractivity contribution in [1.82, 2.24) is 0 Å². The lowest BCUT2D eigenvalue weighted by atomic mass is 9.98. The van der Waals surface area contributed by atoms with Crippen LogP contribution in [0, 0.1) is 11.3 Å². The van der Waals surface area contributed by atoms with Crippen LogP contribution in [0.5, 0.6) is 0 Å². The van der Waals surface area contributed by atoms with Crippen molar-refractivity contribution in [1.29, 1.82) is 0 Å². The molecular formula is C15H24ClNO2. The van der Waals surface area contributed by atoms with Gasteiger partial charge in [0.15, 0.2) is 12.4 Å². The quantitative estimate of drug-likeness (QED) is 0.563. The number of ether oxygens (including phenoxy) is 1. The highest BCUT2D eigenvalue weighted by molar-refractivity contribution is 5.75. The van der Waals surface area contributed by atoms with E-state index in [-0.39, 0.29) is 25.1 Å². The largest absolute Gasteiger partial charge is 1.00 e. The third-order valence-corrected chi connectivity index (χ3v) is 2.52. The summed E-state index contributed by atoms with van der Waals surface area (Å²) in [6.45, 7) is 10.2. The average molecular weight is 286 g/mol. The molecule has 0 N–H and O–H groups in total. The first-order valence-electron chi connectivity index (χ1n) is 6.44. The van der Waals surface area contributed by atoms with Gasteiger partial charge in [-0.15, -0.1) is 0 Å². The normalized spacial score (nSPS) is 11.1. The number of halogens is 1. The van der Waals surface area contributed by atoms with E-state index in [4.69, 9.17) is 4.74 Å². The molecule has 0 aliphatic rings. The monoisotopic (exact) mass is 285 g/mol. The molecule has 0 saturated carbocycles. The molecule has 1 aromatic rings. The molecule has 0 atom stereocenters. The molecule has 0 unspecified atom stereocenters. The van der Waals surface area contributed by atoms with Crippen molar-refractivity contribution in [3.63, 3.8) is 0 Å². The highest BCUT2D eigenvalue weighted by Gasteiger charge is 2.24. The maximum Gasteiger partial charge on any atom is 0.316 e. The molecule has 4 heteroatoms. The Morgan fingerprint density at radius 2 is 2.00 bits per heavy atom. The van der Waals surface area contributed by atoms with E-state index in [1.165, 1.54) is 5.56 Å². The maximum absolute atomic E-state index is 11.7. The molecule has 108 valence electrons. The molecule has 1 rings (SSSR count). The second-order valence-electron chi connectivity index (χ2n) is 6.14. The molecule has 19 heavy (non-hydrogen) atoms. The van der Waals surface area contributed by atoms with Crippen LogP contribution in [0.4, 0.5) is 0 Å². The van der Waals surface area contributed by atoms with Crippen molar-refractivity contribution in [2.24, 2.45) is 11.3 Å². The van der Waals surface area contributed by atoms with Gasteiger partial charge in [-0.05, 0) is 39.2 Å². The van der Waals surface area contributed by atoms with Gasteiger partial charge in [0, 0.05) is 11.6 Å². The van der Waals surface area contributed by atoms with Gasteiger partial charge in [-0.2, -0.15) is 4.57 Å². The Morgan fingerprint density at radius 3 is 2.53 bits per heavy atom. The van der Waals surface area contributed by atoms with E-state index in [1.54, 1.807) is 0 Å². The van der Waals surface area contributed by atoms with Crippen LogP contribution in [0.15, 0.2) is 24.5 Å². The maximum atomic E-state index is 11.7. The molecule has 1 heterocycles. The van der Waals surface area contributed by atoms with Crippen LogP contribution in [-0.2, 0) is 22.7 Å². The summed E-state index contributed by atoms with van der Waals surface area (Å²) in [7, 11) is 0. The van der Waals surface area contributed by atoms with E-state index < -0.39 is 5.41 Å². The predicted octanol–water partition coefficient (Wildman–Crippen LogP) is -0.277. The number of esters is 1. The van der Waals surface area contributed by atoms with Gasteiger partial charge in [-0.25, -0.2) is 0 Å². The molecule has 0 spiro atoms. The molecule has 0 saturated heterocycles. The van der Waals surface area contributed by atoms with E-state index in [2.05, 4.69) is 19.9 Å². The summed E-state index contributed by atoms with van der Waals surface area (Å²) in [4.78, 5) is 11.7. The molecule has 0 aliphatic heterocycles. The molecule has 3 nitrogen and oxygen atoms in total. The van der Waals surface area contributed by atoms with Crippen LogP contribution >= 0.6 is 0 Å². The second kappa shape index (κ2) is 7.49. The zero-order chi connectivity index (χ0) is 13.8. The summed E-state index contributed by atoms with van der Waals surface area (Å²) in [6, 6.07) is 4.09. The van der Waals surface area contributed by atoms with Crippen molar-refractivity contribution in [3.05, 3.63) is 30.1 Å². The predicted molar refractivity (Wildman–Crippen MR) is 70.7 cm³/mol. The Kier molecular flexibility index (Phi) is 7.06. The smallest absolute Gasteiger partial charge is 0.316 e. The Balaban J connectivity index is 0.00000324. The minimum Gasteiger partial charge on any atom is -1.00 e. The summed E-state index contributed by atoms with van der Waals surface area (Å²) >= 11 is 0. The highest BCUT2D eigenvalue weighted by Crippen LogP contribution is 2.14. The first-order valence-corrected chi connectivity index (χ1v) is 6.44. The minimum absolute atomic E-state index is 0. The van der Waals surface area contributed by atoms with Gasteiger partial charge in [-0.3, -0.25) is 4.79 Å². The van der Waals surface area contributed by atoms with Gasteiger partial charge in [0.2, 0.25) is 0 Å². The number of pyridine rings is 1. The molecule has 0 aliphatic carbocycles. The summed E-state index contributed by atoms with van der Waals surface area (Å²) < 4.78 is 7.18. The van der Waals surface area contributed by atoms with Crippen molar-refractivity contribution in [2.45, 2.75) is 47.8 Å². The van der Waals surface area contributed by atoms with E-state index in [0.717, 1.165) is 6.42 Å². The van der Waals surface area contributed by atoms with Crippen molar-refractivity contribution < 1.29 is 26.5 Å². The van der Waals surface area contributed by atoms with Crippen LogP contribution in [-0.4, -0.2) is 5.97 Å². The Bertz CT molecular complexity index is 411. The number of rotatable bonds is 4. The van der Waals surface area contributed by atoms with Gasteiger partial charge in [0.1, 0.15) is 0 Å². The number of hydrogen-bond acceptors (Lipinski definition) is 2. The molecule has 0 bridgehead atoms.